The van der Waals surface area contributed by atoms with E-state index in [0.29, 0.717) is 18.9 Å². The second kappa shape index (κ2) is 10.4. The van der Waals surface area contributed by atoms with Gasteiger partial charge >= 0.3 is 5.97 Å². The Hall–Kier alpha value is -1.83. The summed E-state index contributed by atoms with van der Waals surface area (Å²) in [5.41, 5.74) is 2.41. The zero-order chi connectivity index (χ0) is 22.7. The van der Waals surface area contributed by atoms with Crippen LogP contribution in [0.5, 0.6) is 5.75 Å². The number of carboxylic acid groups (broad SMARTS) is 1. The molecule has 1 saturated carbocycles. The number of rotatable bonds is 8. The summed E-state index contributed by atoms with van der Waals surface area (Å²) in [5, 5.41) is 9.19. The number of fused-ring (bicyclic) bond motifs is 1. The number of likely N-dealkylation sites (N-methyl/N-ethyl adjacent to an activating group) is 1. The molecule has 1 aliphatic heterocycles. The van der Waals surface area contributed by atoms with Crippen molar-refractivity contribution in [2.75, 3.05) is 24.7 Å². The molecule has 1 aliphatic carbocycles. The van der Waals surface area contributed by atoms with Crippen LogP contribution in [0.25, 0.3) is 0 Å². The number of benzene rings is 2. The lowest BCUT2D eigenvalue weighted by molar-refractivity contribution is -0.148. The number of carbonyl (C=O) groups is 1. The Kier molecular flexibility index (Phi) is 7.59. The van der Waals surface area contributed by atoms with E-state index in [4.69, 9.17) is 4.74 Å². The van der Waals surface area contributed by atoms with Crippen molar-refractivity contribution in [1.29, 1.82) is 0 Å². The molecule has 0 bridgehead atoms. The van der Waals surface area contributed by atoms with Crippen LogP contribution in [-0.2, 0) is 4.79 Å². The Balaban J connectivity index is 1.67. The Morgan fingerprint density at radius 1 is 1.25 bits per heavy atom. The zero-order valence-electron chi connectivity index (χ0n) is 19.0. The van der Waals surface area contributed by atoms with E-state index in [1.54, 1.807) is 23.7 Å². The Bertz CT molecular complexity index is 934. The fourth-order valence-electron chi connectivity index (χ4n) is 4.33. The van der Waals surface area contributed by atoms with Crippen molar-refractivity contribution in [1.82, 2.24) is 4.31 Å². The van der Waals surface area contributed by atoms with E-state index in [0.717, 1.165) is 23.6 Å². The largest absolute Gasteiger partial charge is 0.489 e. The topological polar surface area (TPSA) is 53.0 Å². The molecule has 2 aliphatic rings. The van der Waals surface area contributed by atoms with Crippen LogP contribution in [0.4, 0.5) is 11.4 Å². The number of ether oxygens (including phenoxy) is 1. The van der Waals surface area contributed by atoms with Crippen molar-refractivity contribution >= 4 is 41.1 Å². The van der Waals surface area contributed by atoms with Crippen LogP contribution in [0.3, 0.4) is 0 Å². The monoisotopic (exact) mass is 472 g/mol. The smallest absolute Gasteiger partial charge is 0.306 e. The average Bonchev–Trinajstić information content (AvgIpc) is 2.89. The number of unbranched alkanes of at least 4 members (excludes halogenated alkanes) is 1. The van der Waals surface area contributed by atoms with Gasteiger partial charge in [-0.1, -0.05) is 38.0 Å². The first-order valence-electron chi connectivity index (χ1n) is 11.3. The summed E-state index contributed by atoms with van der Waals surface area (Å²) in [6.07, 6.45) is 6.80. The van der Waals surface area contributed by atoms with Gasteiger partial charge in [-0.15, -0.1) is 11.8 Å². The minimum Gasteiger partial charge on any atom is -0.489 e. The van der Waals surface area contributed by atoms with Crippen molar-refractivity contribution in [3.05, 3.63) is 42.5 Å². The lowest BCUT2D eigenvalue weighted by atomic mass is 9.82. The Morgan fingerprint density at radius 3 is 2.66 bits per heavy atom. The minimum absolute atomic E-state index is 0.0175. The van der Waals surface area contributed by atoms with Gasteiger partial charge < -0.3 is 14.7 Å². The number of nitrogens with zero attached hydrogens (tertiary/aromatic N) is 2. The highest BCUT2D eigenvalue weighted by Crippen LogP contribution is 2.46. The molecule has 1 N–H and O–H groups in total. The predicted octanol–water partition coefficient (Wildman–Crippen LogP) is 6.30. The normalized spacial score (nSPS) is 23.2. The van der Waals surface area contributed by atoms with Crippen molar-refractivity contribution in [3.63, 3.8) is 0 Å². The van der Waals surface area contributed by atoms with Crippen LogP contribution in [-0.4, -0.2) is 47.4 Å². The van der Waals surface area contributed by atoms with Gasteiger partial charge in [0.05, 0.1) is 21.4 Å². The molecule has 1 atom stereocenters. The van der Waals surface area contributed by atoms with Crippen molar-refractivity contribution in [3.8, 4) is 5.75 Å². The maximum atomic E-state index is 11.2. The summed E-state index contributed by atoms with van der Waals surface area (Å²) in [5.74, 6) is -0.122. The van der Waals surface area contributed by atoms with E-state index < -0.39 is 5.97 Å². The first kappa shape index (κ1) is 23.3. The molecule has 0 saturated heterocycles. The highest BCUT2D eigenvalue weighted by molar-refractivity contribution is 7.98. The maximum absolute atomic E-state index is 11.2. The lowest BCUT2D eigenvalue weighted by Crippen LogP contribution is -2.38. The van der Waals surface area contributed by atoms with Crippen molar-refractivity contribution in [2.24, 2.45) is 5.92 Å². The summed E-state index contributed by atoms with van der Waals surface area (Å²) >= 11 is 3.47. The molecule has 1 fully saturated rings. The molecule has 0 spiro atoms. The Labute approximate surface area is 199 Å². The number of aliphatic carboxylic acids is 1. The highest BCUT2D eigenvalue weighted by Gasteiger charge is 2.37. The summed E-state index contributed by atoms with van der Waals surface area (Å²) < 4.78 is 8.69. The standard InChI is InChI=1S/C25H32N2O3S2/c1-4-5-9-19-16-27(18-10-7-6-8-11-18)21-14-24(31-3)22(15-23(21)32-26(19)2)30-20-12-17(13-20)25(28)29/h6-8,10-11,14-15,17,19-20H,4-5,9,12-13,16H2,1-3H3,(H,28,29). The second-order valence-corrected chi connectivity index (χ2v) is 10.6. The fraction of sp³-hybridized carbons (Fsp3) is 0.480. The molecule has 7 heteroatoms. The predicted molar refractivity (Wildman–Crippen MR) is 133 cm³/mol. The molecule has 2 aromatic rings. The molecule has 1 unspecified atom stereocenters. The third-order valence-electron chi connectivity index (χ3n) is 6.38. The molecule has 172 valence electrons. The van der Waals surface area contributed by atoms with Gasteiger partial charge in [0, 0.05) is 18.3 Å². The van der Waals surface area contributed by atoms with Crippen LogP contribution in [0.15, 0.2) is 52.3 Å². The highest BCUT2D eigenvalue weighted by atomic mass is 32.2. The van der Waals surface area contributed by atoms with E-state index in [1.165, 1.54) is 29.1 Å². The van der Waals surface area contributed by atoms with E-state index in [-0.39, 0.29) is 12.0 Å². The van der Waals surface area contributed by atoms with E-state index >= 15 is 0 Å². The summed E-state index contributed by atoms with van der Waals surface area (Å²) in [4.78, 5) is 15.9. The van der Waals surface area contributed by atoms with Gasteiger partial charge in [0.15, 0.2) is 0 Å². The van der Waals surface area contributed by atoms with Crippen LogP contribution >= 0.6 is 23.7 Å². The molecule has 5 nitrogen and oxygen atoms in total. The van der Waals surface area contributed by atoms with Crippen LogP contribution < -0.4 is 9.64 Å². The zero-order valence-corrected chi connectivity index (χ0v) is 20.6. The van der Waals surface area contributed by atoms with Gasteiger partial charge in [-0.3, -0.25) is 4.79 Å². The molecule has 2 aromatic carbocycles. The average molecular weight is 473 g/mol. The lowest BCUT2D eigenvalue weighted by Gasteiger charge is -2.33. The molecule has 32 heavy (non-hydrogen) atoms. The van der Waals surface area contributed by atoms with Gasteiger partial charge in [0.2, 0.25) is 0 Å². The fourth-order valence-corrected chi connectivity index (χ4v) is 5.92. The third-order valence-corrected chi connectivity index (χ3v) is 8.25. The SMILES string of the molecule is CCCCC1CN(c2ccccc2)c2cc(SC)c(OC3CC(C(=O)O)C3)cc2SN1C. The number of carboxylic acids is 1. The maximum Gasteiger partial charge on any atom is 0.306 e. The van der Waals surface area contributed by atoms with Crippen molar-refractivity contribution in [2.45, 2.75) is 61.0 Å². The molecule has 0 amide bonds. The van der Waals surface area contributed by atoms with Gasteiger partial charge in [0.1, 0.15) is 11.9 Å². The summed E-state index contributed by atoms with van der Waals surface area (Å²) in [7, 11) is 2.19. The first-order valence-corrected chi connectivity index (χ1v) is 13.3. The van der Waals surface area contributed by atoms with Gasteiger partial charge in [-0.2, -0.15) is 0 Å². The number of para-hydroxylation sites is 1. The summed E-state index contributed by atoms with van der Waals surface area (Å²) in [6, 6.07) is 15.5. The Morgan fingerprint density at radius 2 is 2.00 bits per heavy atom. The van der Waals surface area contributed by atoms with Crippen LogP contribution in [0.1, 0.15) is 39.0 Å². The van der Waals surface area contributed by atoms with Crippen molar-refractivity contribution < 1.29 is 14.6 Å². The molecular weight excluding hydrogens is 440 g/mol. The number of hydrogen-bond donors (Lipinski definition) is 1. The molecule has 1 heterocycles. The van der Waals surface area contributed by atoms with Gasteiger partial charge in [0.25, 0.3) is 0 Å². The number of anilines is 2. The van der Waals surface area contributed by atoms with Crippen LogP contribution in [0.2, 0.25) is 0 Å². The first-order chi connectivity index (χ1) is 15.5. The third kappa shape index (κ3) is 5.05. The summed E-state index contributed by atoms with van der Waals surface area (Å²) in [6.45, 7) is 3.19. The van der Waals surface area contributed by atoms with Crippen LogP contribution in [0, 0.1) is 5.92 Å². The number of thioether (sulfide) groups is 1. The molecule has 0 radical (unpaired) electrons. The van der Waals surface area contributed by atoms with Gasteiger partial charge in [-0.05, 0) is 68.8 Å². The van der Waals surface area contributed by atoms with E-state index in [1.807, 2.05) is 0 Å². The molecule has 4 rings (SSSR count). The van der Waals surface area contributed by atoms with E-state index in [2.05, 4.69) is 71.9 Å². The van der Waals surface area contributed by atoms with Gasteiger partial charge in [-0.25, -0.2) is 4.31 Å². The minimum atomic E-state index is -0.717. The number of hydrogen-bond acceptors (Lipinski definition) is 6. The quantitative estimate of drug-likeness (QED) is 0.357. The molecular formula is C25H32N2O3S2. The molecule has 0 aromatic heterocycles. The second-order valence-electron chi connectivity index (χ2n) is 8.60. The van der Waals surface area contributed by atoms with E-state index in [9.17, 15) is 9.90 Å².